The van der Waals surface area contributed by atoms with E-state index in [0.717, 1.165) is 25.4 Å². The van der Waals surface area contributed by atoms with Crippen LogP contribution in [0.5, 0.6) is 0 Å². The summed E-state index contributed by atoms with van der Waals surface area (Å²) in [5.41, 5.74) is 0. The minimum absolute atomic E-state index is 0.0948. The number of aliphatic hydroxyl groups is 1. The van der Waals surface area contributed by atoms with Gasteiger partial charge in [0.15, 0.2) is 0 Å². The Hall–Kier alpha value is -0.0800. The fourth-order valence-electron chi connectivity index (χ4n) is 1.65. The first-order valence-corrected chi connectivity index (χ1v) is 4.89. The molecule has 0 aromatic rings. The maximum absolute atomic E-state index is 9.60. The van der Waals surface area contributed by atoms with Crippen LogP contribution in [0.15, 0.2) is 0 Å². The van der Waals surface area contributed by atoms with Gasteiger partial charge in [0.1, 0.15) is 0 Å². The topological polar surface area (TPSA) is 29.5 Å². The first kappa shape index (κ1) is 10.0. The van der Waals surface area contributed by atoms with Crippen molar-refractivity contribution in [3.8, 4) is 0 Å². The molecule has 1 fully saturated rings. The van der Waals surface area contributed by atoms with Crippen molar-refractivity contribution in [2.75, 3.05) is 13.7 Å². The number of rotatable bonds is 6. The molecule has 1 aliphatic rings. The molecule has 1 aliphatic carbocycles. The van der Waals surface area contributed by atoms with Crippen molar-refractivity contribution in [2.24, 2.45) is 11.8 Å². The molecule has 1 rings (SSSR count). The second kappa shape index (κ2) is 4.83. The Morgan fingerprint density at radius 2 is 2.17 bits per heavy atom. The highest BCUT2D eigenvalue weighted by Gasteiger charge is 2.25. The highest BCUT2D eigenvalue weighted by molar-refractivity contribution is 4.77. The van der Waals surface area contributed by atoms with Crippen molar-refractivity contribution in [2.45, 2.75) is 38.7 Å². The van der Waals surface area contributed by atoms with Crippen LogP contribution in [-0.4, -0.2) is 24.9 Å². The molecule has 2 nitrogen and oxygen atoms in total. The molecular weight excluding hydrogens is 152 g/mol. The lowest BCUT2D eigenvalue weighted by atomic mass is 10.0. The summed E-state index contributed by atoms with van der Waals surface area (Å²) in [6.07, 6.45) is 4.46. The van der Waals surface area contributed by atoms with Crippen molar-refractivity contribution >= 4 is 0 Å². The number of methoxy groups -OCH3 is 1. The Morgan fingerprint density at radius 3 is 2.67 bits per heavy atom. The largest absolute Gasteiger partial charge is 0.393 e. The molecular formula is C10H20O2. The van der Waals surface area contributed by atoms with Crippen molar-refractivity contribution in [1.29, 1.82) is 0 Å². The zero-order valence-corrected chi connectivity index (χ0v) is 8.12. The van der Waals surface area contributed by atoms with E-state index < -0.39 is 0 Å². The van der Waals surface area contributed by atoms with Crippen LogP contribution in [0.3, 0.4) is 0 Å². The van der Waals surface area contributed by atoms with E-state index in [0.29, 0.717) is 5.92 Å². The van der Waals surface area contributed by atoms with Gasteiger partial charge in [-0.15, -0.1) is 0 Å². The second-order valence-corrected chi connectivity index (χ2v) is 4.13. The third-order valence-electron chi connectivity index (χ3n) is 2.43. The molecule has 0 aromatic carbocycles. The van der Waals surface area contributed by atoms with Crippen LogP contribution in [0.4, 0.5) is 0 Å². The molecule has 0 aromatic heterocycles. The van der Waals surface area contributed by atoms with E-state index in [9.17, 15) is 5.11 Å². The predicted molar refractivity (Wildman–Crippen MR) is 49.0 cm³/mol. The zero-order valence-electron chi connectivity index (χ0n) is 8.12. The third kappa shape index (κ3) is 4.07. The number of hydrogen-bond donors (Lipinski definition) is 1. The minimum Gasteiger partial charge on any atom is -0.393 e. The predicted octanol–water partition coefficient (Wildman–Crippen LogP) is 1.82. The quantitative estimate of drug-likeness (QED) is 0.662. The lowest BCUT2D eigenvalue weighted by molar-refractivity contribution is 0.0932. The summed E-state index contributed by atoms with van der Waals surface area (Å²) >= 11 is 0. The molecule has 2 atom stereocenters. The maximum atomic E-state index is 9.60. The van der Waals surface area contributed by atoms with E-state index in [1.807, 2.05) is 0 Å². The Kier molecular flexibility index (Phi) is 4.02. The van der Waals surface area contributed by atoms with Crippen LogP contribution >= 0.6 is 0 Å². The van der Waals surface area contributed by atoms with Crippen LogP contribution in [0.2, 0.25) is 0 Å². The van der Waals surface area contributed by atoms with Gasteiger partial charge in [-0.1, -0.05) is 19.8 Å². The molecule has 0 amide bonds. The van der Waals surface area contributed by atoms with Crippen LogP contribution in [0.1, 0.15) is 32.6 Å². The van der Waals surface area contributed by atoms with Gasteiger partial charge < -0.3 is 9.84 Å². The minimum atomic E-state index is -0.0948. The van der Waals surface area contributed by atoms with Crippen LogP contribution in [0.25, 0.3) is 0 Å². The lowest BCUT2D eigenvalue weighted by Gasteiger charge is -2.14. The average molecular weight is 172 g/mol. The normalized spacial score (nSPS) is 22.2. The van der Waals surface area contributed by atoms with Crippen LogP contribution < -0.4 is 0 Å². The summed E-state index contributed by atoms with van der Waals surface area (Å²) in [7, 11) is 1.71. The van der Waals surface area contributed by atoms with Crippen molar-refractivity contribution in [3.05, 3.63) is 0 Å². The highest BCUT2D eigenvalue weighted by Crippen LogP contribution is 2.34. The Labute approximate surface area is 74.9 Å². The Balaban J connectivity index is 2.02. The standard InChI is InChI=1S/C10H20O2/c1-8(7-12-2)5-10(11)6-9-3-4-9/h8-11H,3-7H2,1-2H3. The molecule has 0 spiro atoms. The molecule has 0 radical (unpaired) electrons. The molecule has 0 saturated heterocycles. The third-order valence-corrected chi connectivity index (χ3v) is 2.43. The summed E-state index contributed by atoms with van der Waals surface area (Å²) in [5.74, 6) is 1.32. The zero-order chi connectivity index (χ0) is 8.97. The fraction of sp³-hybridized carbons (Fsp3) is 1.00. The number of aliphatic hydroxyl groups excluding tert-OH is 1. The van der Waals surface area contributed by atoms with Crippen molar-refractivity contribution in [1.82, 2.24) is 0 Å². The van der Waals surface area contributed by atoms with Gasteiger partial charge in [-0.05, 0) is 24.7 Å². The molecule has 2 unspecified atom stereocenters. The monoisotopic (exact) mass is 172 g/mol. The smallest absolute Gasteiger partial charge is 0.0546 e. The van der Waals surface area contributed by atoms with Crippen LogP contribution in [-0.2, 0) is 4.74 Å². The first-order chi connectivity index (χ1) is 5.72. The molecule has 2 heteroatoms. The summed E-state index contributed by atoms with van der Waals surface area (Å²) in [4.78, 5) is 0. The Morgan fingerprint density at radius 1 is 1.50 bits per heavy atom. The van der Waals surface area contributed by atoms with Gasteiger partial charge in [0.05, 0.1) is 6.10 Å². The van der Waals surface area contributed by atoms with Gasteiger partial charge in [0.25, 0.3) is 0 Å². The molecule has 0 bridgehead atoms. The molecule has 0 heterocycles. The number of ether oxygens (including phenoxy) is 1. The Bertz CT molecular complexity index is 121. The molecule has 12 heavy (non-hydrogen) atoms. The summed E-state index contributed by atoms with van der Waals surface area (Å²) in [5, 5.41) is 9.60. The SMILES string of the molecule is COCC(C)CC(O)CC1CC1. The van der Waals surface area contributed by atoms with Crippen molar-refractivity contribution in [3.63, 3.8) is 0 Å². The van der Waals surface area contributed by atoms with E-state index in [4.69, 9.17) is 4.74 Å². The van der Waals surface area contributed by atoms with E-state index in [-0.39, 0.29) is 6.10 Å². The average Bonchev–Trinajstić information content (AvgIpc) is 2.71. The van der Waals surface area contributed by atoms with Crippen LogP contribution in [0, 0.1) is 11.8 Å². The number of hydrogen-bond acceptors (Lipinski definition) is 2. The molecule has 0 aliphatic heterocycles. The first-order valence-electron chi connectivity index (χ1n) is 4.89. The van der Waals surface area contributed by atoms with Gasteiger partial charge in [-0.25, -0.2) is 0 Å². The van der Waals surface area contributed by atoms with E-state index in [2.05, 4.69) is 6.92 Å². The van der Waals surface area contributed by atoms with E-state index in [1.165, 1.54) is 12.8 Å². The summed E-state index contributed by atoms with van der Waals surface area (Å²) in [6.45, 7) is 2.89. The van der Waals surface area contributed by atoms with Gasteiger partial charge in [0.2, 0.25) is 0 Å². The molecule has 72 valence electrons. The van der Waals surface area contributed by atoms with Gasteiger partial charge in [-0.2, -0.15) is 0 Å². The second-order valence-electron chi connectivity index (χ2n) is 4.13. The van der Waals surface area contributed by atoms with Gasteiger partial charge in [-0.3, -0.25) is 0 Å². The lowest BCUT2D eigenvalue weighted by Crippen LogP contribution is -2.15. The molecule has 1 saturated carbocycles. The van der Waals surface area contributed by atoms with E-state index >= 15 is 0 Å². The van der Waals surface area contributed by atoms with Crippen molar-refractivity contribution < 1.29 is 9.84 Å². The van der Waals surface area contributed by atoms with E-state index in [1.54, 1.807) is 7.11 Å². The summed E-state index contributed by atoms with van der Waals surface area (Å²) in [6, 6.07) is 0. The maximum Gasteiger partial charge on any atom is 0.0546 e. The molecule has 1 N–H and O–H groups in total. The summed E-state index contributed by atoms with van der Waals surface area (Å²) < 4.78 is 5.01. The van der Waals surface area contributed by atoms with Gasteiger partial charge in [0, 0.05) is 13.7 Å². The van der Waals surface area contributed by atoms with Gasteiger partial charge >= 0.3 is 0 Å². The highest BCUT2D eigenvalue weighted by atomic mass is 16.5. The fourth-order valence-corrected chi connectivity index (χ4v) is 1.65.